The van der Waals surface area contributed by atoms with Gasteiger partial charge < -0.3 is 31.0 Å². The fraction of sp³-hybridized carbons (Fsp3) is 0. The second-order valence-electron chi connectivity index (χ2n) is 1.42. The molecule has 0 aliphatic carbocycles. The van der Waals surface area contributed by atoms with Gasteiger partial charge in [-0.3, -0.25) is 0 Å². The summed E-state index contributed by atoms with van der Waals surface area (Å²) in [6.45, 7) is 0. The summed E-state index contributed by atoms with van der Waals surface area (Å²) in [6, 6.07) is 0. The van der Waals surface area contributed by atoms with E-state index < -0.39 is 16.8 Å². The zero-order chi connectivity index (χ0) is 8.43. The van der Waals surface area contributed by atoms with Gasteiger partial charge in [-0.2, -0.15) is 0 Å². The number of carboxylic acids is 1. The van der Waals surface area contributed by atoms with Gasteiger partial charge in [-0.05, 0) is 0 Å². The third kappa shape index (κ3) is 3.71. The van der Waals surface area contributed by atoms with E-state index in [2.05, 4.69) is 15.5 Å². The Hall–Kier alpha value is -1.14. The van der Waals surface area contributed by atoms with Gasteiger partial charge in [-0.1, -0.05) is 5.10 Å². The molecule has 1 aromatic rings. The van der Waals surface area contributed by atoms with E-state index in [1.54, 1.807) is 0 Å². The Morgan fingerprint density at radius 3 is 2.21 bits per heavy atom. The minimum atomic E-state index is -1.80. The summed E-state index contributed by atoms with van der Waals surface area (Å²) in [5.41, 5.74) is 0. The molecule has 14 heavy (non-hydrogen) atoms. The van der Waals surface area contributed by atoms with Crippen molar-refractivity contribution in [3.8, 4) is 0 Å². The van der Waals surface area contributed by atoms with Crippen LogP contribution in [0.4, 0.5) is 0 Å². The number of tetrazole rings is 1. The topological polar surface area (TPSA) is 190 Å². The molecule has 74 valence electrons. The molecule has 0 atom stereocenters. The summed E-state index contributed by atoms with van der Waals surface area (Å²) >= 11 is 0. The van der Waals surface area contributed by atoms with Crippen LogP contribution in [0.1, 0.15) is 10.6 Å². The van der Waals surface area contributed by atoms with E-state index >= 15 is 0 Å². The van der Waals surface area contributed by atoms with Crippen LogP contribution in [0, 0.1) is 10.1 Å². The van der Waals surface area contributed by atoms with Gasteiger partial charge in [0.1, 0.15) is 11.2 Å². The van der Waals surface area contributed by atoms with Crippen LogP contribution in [-0.2, 0) is 0 Å². The number of aromatic carboxylic acids is 1. The molecule has 11 nitrogen and oxygen atoms in total. The van der Waals surface area contributed by atoms with Crippen molar-refractivity contribution in [2.75, 3.05) is 0 Å². The number of carboxylic acid groups (broad SMARTS) is 1. The molecule has 1 heterocycles. The van der Waals surface area contributed by atoms with Gasteiger partial charge in [0.25, 0.3) is 5.82 Å². The summed E-state index contributed by atoms with van der Waals surface area (Å²) in [6.07, 6.45) is 0. The van der Waals surface area contributed by atoms with E-state index in [0.717, 1.165) is 0 Å². The second kappa shape index (κ2) is 7.28. The molecule has 0 unspecified atom stereocenters. The van der Waals surface area contributed by atoms with Gasteiger partial charge in [0, 0.05) is 0 Å². The minimum absolute atomic E-state index is 0. The average molecular weight is 217 g/mol. The van der Waals surface area contributed by atoms with E-state index in [1.807, 2.05) is 0 Å². The van der Waals surface area contributed by atoms with E-state index in [-0.39, 0.29) is 45.3 Å². The average Bonchev–Trinajstić information content (AvgIpc) is 2.32. The van der Waals surface area contributed by atoms with Crippen LogP contribution in [0.2, 0.25) is 0 Å². The van der Waals surface area contributed by atoms with Crippen molar-refractivity contribution in [1.29, 1.82) is 0 Å². The third-order valence-electron chi connectivity index (χ3n) is 0.791. The molecule has 0 aromatic carbocycles. The van der Waals surface area contributed by atoms with Gasteiger partial charge in [0.15, 0.2) is 0 Å². The van der Waals surface area contributed by atoms with Crippen LogP contribution < -0.4 is 34.7 Å². The maximum Gasteiger partial charge on any atom is 1.00 e. The number of aromatic nitrogens is 4. The molecule has 1 rings (SSSR count). The Morgan fingerprint density at radius 2 is 1.93 bits per heavy atom. The van der Waals surface area contributed by atoms with Crippen molar-refractivity contribution >= 4 is 5.97 Å². The molecule has 12 heteroatoms. The molecule has 0 aliphatic rings. The number of nitro groups is 1. The van der Waals surface area contributed by atoms with Crippen molar-refractivity contribution < 1.29 is 55.4 Å². The van der Waals surface area contributed by atoms with Crippen molar-refractivity contribution in [3.05, 3.63) is 15.9 Å². The zero-order valence-corrected chi connectivity index (χ0v) is 8.87. The van der Waals surface area contributed by atoms with Crippen LogP contribution in [0.5, 0.6) is 0 Å². The number of hydrogen-bond donors (Lipinski definition) is 0. The number of carbonyl (C=O) groups excluding carboxylic acids is 1. The van der Waals surface area contributed by atoms with E-state index in [9.17, 15) is 20.0 Å². The van der Waals surface area contributed by atoms with Crippen molar-refractivity contribution in [2.24, 2.45) is 0 Å². The molecule has 0 bridgehead atoms. The molecule has 0 aliphatic heterocycles. The Kier molecular flexibility index (Phi) is 9.68. The first-order chi connectivity index (χ1) is 5.13. The molecule has 0 saturated heterocycles. The first kappa shape index (κ1) is 18.6. The van der Waals surface area contributed by atoms with Crippen LogP contribution in [0.15, 0.2) is 0 Å². The Labute approximate surface area is 97.7 Å². The Bertz CT molecular complexity index is 282. The molecular formula is C2H4N5NaO6. The van der Waals surface area contributed by atoms with E-state index in [4.69, 9.17) is 0 Å². The maximum absolute atomic E-state index is 10.0. The standard InChI is InChI=1S/C2HN5O4.Na.2H2O/c8-2(9)1-3-4-5-6(1)7(10)11;;;/h(H,8,9);;2*1H2/q;+1;;/p-1. The molecule has 0 spiro atoms. The maximum atomic E-state index is 10.0. The predicted molar refractivity (Wildman–Crippen MR) is 31.8 cm³/mol. The number of nitrogens with zero attached hydrogens (tertiary/aromatic N) is 5. The molecule has 0 radical (unpaired) electrons. The first-order valence-corrected chi connectivity index (χ1v) is 2.27. The van der Waals surface area contributed by atoms with Gasteiger partial charge in [-0.25, -0.2) is 0 Å². The molecule has 0 amide bonds. The van der Waals surface area contributed by atoms with Crippen LogP contribution in [0.25, 0.3) is 0 Å². The van der Waals surface area contributed by atoms with Gasteiger partial charge in [0.05, 0.1) is 9.82 Å². The predicted octanol–water partition coefficient (Wildman–Crippen LogP) is -7.57. The van der Waals surface area contributed by atoms with Gasteiger partial charge >= 0.3 is 29.6 Å². The Balaban J connectivity index is -0.000000403. The quantitative estimate of drug-likeness (QED) is 0.266. The number of rotatable bonds is 2. The summed E-state index contributed by atoms with van der Waals surface area (Å²) in [4.78, 5) is 19.8. The minimum Gasteiger partial charge on any atom is -0.541 e. The smallest absolute Gasteiger partial charge is 0.541 e. The fourth-order valence-electron chi connectivity index (χ4n) is 0.415. The summed E-state index contributed by atoms with van der Waals surface area (Å²) < 4.78 is 0. The monoisotopic (exact) mass is 217 g/mol. The largest absolute Gasteiger partial charge is 1.00 e. The molecule has 0 fully saturated rings. The Morgan fingerprint density at radius 1 is 1.43 bits per heavy atom. The summed E-state index contributed by atoms with van der Waals surface area (Å²) in [7, 11) is 0. The molecule has 4 N–H and O–H groups in total. The normalized spacial score (nSPS) is 7.43. The van der Waals surface area contributed by atoms with Crippen LogP contribution >= 0.6 is 0 Å². The van der Waals surface area contributed by atoms with Crippen molar-refractivity contribution in [3.63, 3.8) is 0 Å². The van der Waals surface area contributed by atoms with Crippen molar-refractivity contribution in [1.82, 2.24) is 20.3 Å². The second-order valence-corrected chi connectivity index (χ2v) is 1.42. The molecular weight excluding hydrogens is 213 g/mol. The SMILES string of the molecule is O.O.O=C([O-])c1nnnn1[N+](=O)[O-].[Na+]. The van der Waals surface area contributed by atoms with Gasteiger partial charge in [-0.15, -0.1) is 0 Å². The number of carbonyl (C=O) groups is 1. The van der Waals surface area contributed by atoms with Crippen LogP contribution in [0.3, 0.4) is 0 Å². The summed E-state index contributed by atoms with van der Waals surface area (Å²) in [5, 5.41) is 27.2. The fourth-order valence-corrected chi connectivity index (χ4v) is 0.415. The van der Waals surface area contributed by atoms with Gasteiger partial charge in [0.2, 0.25) is 5.21 Å². The zero-order valence-electron chi connectivity index (χ0n) is 6.87. The van der Waals surface area contributed by atoms with E-state index in [1.165, 1.54) is 0 Å². The van der Waals surface area contributed by atoms with Crippen LogP contribution in [-0.4, -0.2) is 42.3 Å². The molecule has 0 saturated carbocycles. The van der Waals surface area contributed by atoms with E-state index in [0.29, 0.717) is 0 Å². The molecule has 1 aromatic heterocycles. The van der Waals surface area contributed by atoms with Crippen molar-refractivity contribution in [2.45, 2.75) is 0 Å². The first-order valence-electron chi connectivity index (χ1n) is 2.27. The third-order valence-corrected chi connectivity index (χ3v) is 0.791. The number of hydrogen-bond acceptors (Lipinski definition) is 7. The summed E-state index contributed by atoms with van der Waals surface area (Å²) in [5.74, 6) is -2.73.